The van der Waals surface area contributed by atoms with E-state index in [1.54, 1.807) is 36.1 Å². The SMILES string of the molecule is COCC1(N(C)C(=O)c2n[nH]c3c2CN(C(=O)c2cc4c(Cl)c(F)ccc4[nH]2)CC3)CC1. The van der Waals surface area contributed by atoms with Gasteiger partial charge in [0.1, 0.15) is 11.5 Å². The van der Waals surface area contributed by atoms with Crippen LogP contribution in [0.1, 0.15) is 45.1 Å². The molecule has 3 aromatic rings. The van der Waals surface area contributed by atoms with Gasteiger partial charge in [0.25, 0.3) is 11.8 Å². The molecule has 2 aliphatic rings. The second-order valence-electron chi connectivity index (χ2n) is 8.53. The molecule has 2 amide bonds. The summed E-state index contributed by atoms with van der Waals surface area (Å²) in [6, 6.07) is 4.38. The molecule has 10 heteroatoms. The highest BCUT2D eigenvalue weighted by Gasteiger charge is 2.49. The average molecular weight is 460 g/mol. The monoisotopic (exact) mass is 459 g/mol. The van der Waals surface area contributed by atoms with Gasteiger partial charge >= 0.3 is 0 Å². The highest BCUT2D eigenvalue weighted by molar-refractivity contribution is 6.35. The molecule has 2 N–H and O–H groups in total. The molecular weight excluding hydrogens is 437 g/mol. The second kappa shape index (κ2) is 7.60. The summed E-state index contributed by atoms with van der Waals surface area (Å²) in [5, 5.41) is 7.69. The standard InChI is InChI=1S/C22H23ClFN5O3/c1-28(22(6-7-22)11-32-2)21(31)19-13-10-29(8-5-16(13)26-27-19)20(30)17-9-12-15(25-17)4-3-14(24)18(12)23/h3-4,9,25H,5-8,10-11H2,1-2H3,(H,26,27). The van der Waals surface area contributed by atoms with Gasteiger partial charge in [-0.3, -0.25) is 14.7 Å². The highest BCUT2D eigenvalue weighted by atomic mass is 35.5. The van der Waals surface area contributed by atoms with Gasteiger partial charge in [0.2, 0.25) is 0 Å². The fourth-order valence-electron chi connectivity index (χ4n) is 4.44. The third-order valence-electron chi connectivity index (χ3n) is 6.60. The minimum absolute atomic E-state index is 0.0189. The third kappa shape index (κ3) is 3.27. The lowest BCUT2D eigenvalue weighted by molar-refractivity contribution is 0.0541. The van der Waals surface area contributed by atoms with Gasteiger partial charge in [-0.2, -0.15) is 5.10 Å². The number of rotatable bonds is 5. The van der Waals surface area contributed by atoms with Gasteiger partial charge in [-0.1, -0.05) is 11.6 Å². The Morgan fingerprint density at radius 3 is 2.88 bits per heavy atom. The van der Waals surface area contributed by atoms with E-state index in [9.17, 15) is 14.0 Å². The number of fused-ring (bicyclic) bond motifs is 2. The minimum atomic E-state index is -0.535. The molecule has 0 spiro atoms. The van der Waals surface area contributed by atoms with Gasteiger partial charge in [-0.15, -0.1) is 0 Å². The maximum Gasteiger partial charge on any atom is 0.274 e. The first-order valence-electron chi connectivity index (χ1n) is 10.4. The van der Waals surface area contributed by atoms with Crippen molar-refractivity contribution in [2.45, 2.75) is 31.3 Å². The zero-order valence-corrected chi connectivity index (χ0v) is 18.6. The summed E-state index contributed by atoms with van der Waals surface area (Å²) in [5.74, 6) is -0.957. The van der Waals surface area contributed by atoms with Crippen molar-refractivity contribution in [3.8, 4) is 0 Å². The molecule has 1 fully saturated rings. The normalized spacial score (nSPS) is 16.8. The molecule has 3 heterocycles. The molecular formula is C22H23ClFN5O3. The van der Waals surface area contributed by atoms with Crippen LogP contribution in [0.4, 0.5) is 4.39 Å². The number of hydrogen-bond acceptors (Lipinski definition) is 4. The second-order valence-corrected chi connectivity index (χ2v) is 8.91. The molecule has 0 bridgehead atoms. The number of methoxy groups -OCH3 is 1. The van der Waals surface area contributed by atoms with Crippen molar-refractivity contribution in [2.24, 2.45) is 0 Å². The lowest BCUT2D eigenvalue weighted by Gasteiger charge is -2.29. The molecule has 0 saturated heterocycles. The number of carbonyl (C=O) groups is 2. The Morgan fingerprint density at radius 2 is 2.16 bits per heavy atom. The third-order valence-corrected chi connectivity index (χ3v) is 6.98. The summed E-state index contributed by atoms with van der Waals surface area (Å²) in [6.07, 6.45) is 2.34. The van der Waals surface area contributed by atoms with Crippen LogP contribution in [0.5, 0.6) is 0 Å². The predicted octanol–water partition coefficient (Wildman–Crippen LogP) is 3.13. The Kier molecular flexibility index (Phi) is 4.98. The summed E-state index contributed by atoms with van der Waals surface area (Å²) in [4.78, 5) is 32.8. The van der Waals surface area contributed by atoms with Crippen LogP contribution in [0.2, 0.25) is 5.02 Å². The van der Waals surface area contributed by atoms with Gasteiger partial charge in [0.05, 0.1) is 23.7 Å². The number of nitrogens with zero attached hydrogens (tertiary/aromatic N) is 3. The Bertz CT molecular complexity index is 1230. The summed E-state index contributed by atoms with van der Waals surface area (Å²) in [5.41, 5.74) is 2.57. The number of nitrogens with one attached hydrogen (secondary N) is 2. The maximum atomic E-state index is 13.8. The number of benzene rings is 1. The van der Waals surface area contributed by atoms with E-state index in [-0.39, 0.29) is 28.9 Å². The van der Waals surface area contributed by atoms with E-state index in [1.165, 1.54) is 6.07 Å². The van der Waals surface area contributed by atoms with Crippen molar-refractivity contribution in [1.82, 2.24) is 25.0 Å². The first kappa shape index (κ1) is 21.0. The molecule has 1 aliphatic carbocycles. The van der Waals surface area contributed by atoms with Crippen LogP contribution < -0.4 is 0 Å². The summed E-state index contributed by atoms with van der Waals surface area (Å²) in [7, 11) is 3.40. The predicted molar refractivity (Wildman–Crippen MR) is 116 cm³/mol. The summed E-state index contributed by atoms with van der Waals surface area (Å²) in [6.45, 7) is 1.22. The largest absolute Gasteiger partial charge is 0.382 e. The highest BCUT2D eigenvalue weighted by Crippen LogP contribution is 2.42. The molecule has 8 nitrogen and oxygen atoms in total. The van der Waals surface area contributed by atoms with E-state index in [0.29, 0.717) is 41.9 Å². The van der Waals surface area contributed by atoms with Crippen molar-refractivity contribution in [1.29, 1.82) is 0 Å². The van der Waals surface area contributed by atoms with Crippen molar-refractivity contribution < 1.29 is 18.7 Å². The van der Waals surface area contributed by atoms with Crippen LogP contribution in [0.3, 0.4) is 0 Å². The molecule has 0 radical (unpaired) electrons. The smallest absolute Gasteiger partial charge is 0.274 e. The molecule has 5 rings (SSSR count). The van der Waals surface area contributed by atoms with Gasteiger partial charge in [-0.05, 0) is 31.0 Å². The van der Waals surface area contributed by atoms with E-state index < -0.39 is 5.82 Å². The zero-order valence-electron chi connectivity index (χ0n) is 17.8. The molecule has 2 aromatic heterocycles. The van der Waals surface area contributed by atoms with Crippen LogP contribution in [0.25, 0.3) is 10.9 Å². The molecule has 168 valence electrons. The number of aromatic amines is 2. The van der Waals surface area contributed by atoms with E-state index in [4.69, 9.17) is 16.3 Å². The zero-order chi connectivity index (χ0) is 22.6. The fraction of sp³-hybridized carbons (Fsp3) is 0.409. The van der Waals surface area contributed by atoms with Crippen LogP contribution >= 0.6 is 11.6 Å². The van der Waals surface area contributed by atoms with Crippen molar-refractivity contribution in [3.63, 3.8) is 0 Å². The number of amides is 2. The lowest BCUT2D eigenvalue weighted by Crippen LogP contribution is -2.43. The van der Waals surface area contributed by atoms with E-state index >= 15 is 0 Å². The molecule has 0 atom stereocenters. The van der Waals surface area contributed by atoms with Crippen LogP contribution in [0.15, 0.2) is 18.2 Å². The number of H-pyrrole nitrogens is 2. The van der Waals surface area contributed by atoms with E-state index in [0.717, 1.165) is 24.1 Å². The van der Waals surface area contributed by atoms with Crippen molar-refractivity contribution in [2.75, 3.05) is 27.3 Å². The molecule has 1 saturated carbocycles. The lowest BCUT2D eigenvalue weighted by atomic mass is 10.0. The molecule has 1 aliphatic heterocycles. The maximum absolute atomic E-state index is 13.8. The number of likely N-dealkylation sites (N-methyl/N-ethyl adjacent to an activating group) is 1. The number of hydrogen-bond donors (Lipinski definition) is 2. The number of ether oxygens (including phenoxy) is 1. The number of carbonyl (C=O) groups excluding carboxylic acids is 2. The summed E-state index contributed by atoms with van der Waals surface area (Å²) >= 11 is 6.05. The Balaban J connectivity index is 1.39. The Hall–Kier alpha value is -2.91. The average Bonchev–Trinajstić information content (AvgIpc) is 3.26. The minimum Gasteiger partial charge on any atom is -0.382 e. The number of aromatic nitrogens is 3. The molecule has 1 aromatic carbocycles. The molecule has 32 heavy (non-hydrogen) atoms. The fourth-order valence-corrected chi connectivity index (χ4v) is 4.66. The summed E-state index contributed by atoms with van der Waals surface area (Å²) < 4.78 is 19.1. The van der Waals surface area contributed by atoms with Gasteiger partial charge in [0, 0.05) is 49.3 Å². The van der Waals surface area contributed by atoms with Crippen molar-refractivity contribution >= 4 is 34.3 Å². The quantitative estimate of drug-likeness (QED) is 0.613. The van der Waals surface area contributed by atoms with E-state index in [1.807, 2.05) is 0 Å². The van der Waals surface area contributed by atoms with Gasteiger partial charge in [0.15, 0.2) is 5.69 Å². The van der Waals surface area contributed by atoms with Crippen LogP contribution in [-0.2, 0) is 17.7 Å². The van der Waals surface area contributed by atoms with Crippen LogP contribution in [-0.4, -0.2) is 69.6 Å². The molecule has 0 unspecified atom stereocenters. The first-order chi connectivity index (χ1) is 15.3. The van der Waals surface area contributed by atoms with Gasteiger partial charge in [-0.25, -0.2) is 4.39 Å². The van der Waals surface area contributed by atoms with Crippen molar-refractivity contribution in [3.05, 3.63) is 51.7 Å². The van der Waals surface area contributed by atoms with Crippen LogP contribution in [0, 0.1) is 5.82 Å². The topological polar surface area (TPSA) is 94.3 Å². The number of halogens is 2. The first-order valence-corrected chi connectivity index (χ1v) is 10.8. The van der Waals surface area contributed by atoms with E-state index in [2.05, 4.69) is 15.2 Å². The van der Waals surface area contributed by atoms with Gasteiger partial charge < -0.3 is 19.5 Å². The Labute approximate surface area is 188 Å². The Morgan fingerprint density at radius 1 is 1.38 bits per heavy atom.